The van der Waals surface area contributed by atoms with E-state index in [1.165, 1.54) is 22.3 Å². The van der Waals surface area contributed by atoms with Gasteiger partial charge in [0, 0.05) is 24.6 Å². The van der Waals surface area contributed by atoms with Crippen molar-refractivity contribution in [3.63, 3.8) is 0 Å². The molecule has 3 aromatic rings. The summed E-state index contributed by atoms with van der Waals surface area (Å²) in [4.78, 5) is 26.9. The highest BCUT2D eigenvalue weighted by molar-refractivity contribution is 5.97. The number of hydrogen-bond acceptors (Lipinski definition) is 5. The van der Waals surface area contributed by atoms with E-state index in [9.17, 15) is 9.59 Å². The molecule has 178 valence electrons. The third-order valence-electron chi connectivity index (χ3n) is 6.19. The molecule has 1 aliphatic carbocycles. The molecular formula is C28H28N4O3. The van der Waals surface area contributed by atoms with Gasteiger partial charge in [-0.25, -0.2) is 4.79 Å². The Morgan fingerprint density at radius 2 is 1.57 bits per heavy atom. The summed E-state index contributed by atoms with van der Waals surface area (Å²) in [5.41, 5.74) is 6.49. The van der Waals surface area contributed by atoms with E-state index >= 15 is 0 Å². The highest BCUT2D eigenvalue weighted by atomic mass is 16.6. The van der Waals surface area contributed by atoms with Crippen LogP contribution in [0.4, 0.5) is 4.79 Å². The smallest absolute Gasteiger partial charge is 0.410 e. The number of Topliss-reactive ketones (excluding diaryl/α,β-unsaturated/α-hetero) is 1. The molecule has 0 spiro atoms. The highest BCUT2D eigenvalue weighted by Crippen LogP contribution is 2.44. The molecule has 0 bridgehead atoms. The number of fused-ring (bicyclic) bond motifs is 3. The number of benzene rings is 3. The van der Waals surface area contributed by atoms with Crippen LogP contribution in [0.3, 0.4) is 0 Å². The zero-order valence-corrected chi connectivity index (χ0v) is 19.7. The maximum atomic E-state index is 12.9. The fourth-order valence-corrected chi connectivity index (χ4v) is 4.41. The standard InChI is InChI=1S/C28H28N4O3/c1-3-32(17-20-12-14-21(15-13-20)27(33)16-19(2)30-31-29)28(34)35-18-26-24-10-6-4-8-22(24)23-9-5-7-11-25(23)26/h4-15,26H,2-3,16-18H2,1H3,(H2,29,30). The summed E-state index contributed by atoms with van der Waals surface area (Å²) in [5.74, 6) is 4.88. The SMILES string of the molecule is C=C(CC(=O)c1ccc(CN(CC)C(=O)OCC2c3ccccc3-c3ccccc32)cc1)N=NN. The molecule has 0 saturated carbocycles. The van der Waals surface area contributed by atoms with Gasteiger partial charge in [-0.2, -0.15) is 0 Å². The van der Waals surface area contributed by atoms with Crippen molar-refractivity contribution in [2.75, 3.05) is 13.2 Å². The van der Waals surface area contributed by atoms with Crippen LogP contribution in [0.1, 0.15) is 46.3 Å². The largest absolute Gasteiger partial charge is 0.448 e. The molecule has 3 aromatic carbocycles. The van der Waals surface area contributed by atoms with Gasteiger partial charge < -0.3 is 15.5 Å². The van der Waals surface area contributed by atoms with Gasteiger partial charge in [-0.05, 0) is 34.7 Å². The first-order valence-corrected chi connectivity index (χ1v) is 11.5. The van der Waals surface area contributed by atoms with Crippen molar-refractivity contribution in [1.82, 2.24) is 4.90 Å². The Kier molecular flexibility index (Phi) is 7.35. The molecule has 1 aliphatic rings. The summed E-state index contributed by atoms with van der Waals surface area (Å²) in [6, 6.07) is 23.7. The average Bonchev–Trinajstić information content (AvgIpc) is 3.20. The number of hydrogen-bond donors (Lipinski definition) is 1. The van der Waals surface area contributed by atoms with Gasteiger partial charge in [-0.3, -0.25) is 4.79 Å². The number of allylic oxidation sites excluding steroid dienone is 1. The van der Waals surface area contributed by atoms with Gasteiger partial charge in [0.2, 0.25) is 0 Å². The van der Waals surface area contributed by atoms with Crippen molar-refractivity contribution in [1.29, 1.82) is 0 Å². The predicted octanol–water partition coefficient (Wildman–Crippen LogP) is 5.87. The van der Waals surface area contributed by atoms with Crippen molar-refractivity contribution >= 4 is 11.9 Å². The van der Waals surface area contributed by atoms with E-state index in [0.717, 1.165) is 5.56 Å². The van der Waals surface area contributed by atoms with E-state index in [1.54, 1.807) is 17.0 Å². The summed E-state index contributed by atoms with van der Waals surface area (Å²) in [5, 5.41) is 6.72. The molecule has 0 fully saturated rings. The minimum absolute atomic E-state index is 0.0175. The summed E-state index contributed by atoms with van der Waals surface area (Å²) in [6.45, 7) is 6.73. The molecular weight excluding hydrogens is 440 g/mol. The number of rotatable bonds is 9. The first-order valence-electron chi connectivity index (χ1n) is 11.5. The van der Waals surface area contributed by atoms with E-state index in [1.807, 2.05) is 43.3 Å². The monoisotopic (exact) mass is 468 g/mol. The van der Waals surface area contributed by atoms with E-state index in [0.29, 0.717) is 24.4 Å². The van der Waals surface area contributed by atoms with Crippen LogP contribution in [-0.2, 0) is 11.3 Å². The van der Waals surface area contributed by atoms with Crippen molar-refractivity contribution in [3.05, 3.63) is 107 Å². The van der Waals surface area contributed by atoms with Crippen LogP contribution in [0.15, 0.2) is 95.4 Å². The molecule has 0 saturated heterocycles. The Bertz CT molecular complexity index is 1220. The van der Waals surface area contributed by atoms with Gasteiger partial charge in [0.25, 0.3) is 0 Å². The number of ketones is 1. The molecule has 7 heteroatoms. The second-order valence-corrected chi connectivity index (χ2v) is 8.40. The highest BCUT2D eigenvalue weighted by Gasteiger charge is 2.29. The number of carbonyl (C=O) groups is 2. The topological polar surface area (TPSA) is 97.3 Å². The summed E-state index contributed by atoms with van der Waals surface area (Å²) in [6.07, 6.45) is -0.320. The number of carbonyl (C=O) groups excluding carboxylic acids is 2. The van der Waals surface area contributed by atoms with Gasteiger partial charge in [0.15, 0.2) is 5.78 Å². The summed E-state index contributed by atoms with van der Waals surface area (Å²) >= 11 is 0. The Labute approximate surface area is 204 Å². The van der Waals surface area contributed by atoms with Crippen LogP contribution in [0, 0.1) is 0 Å². The molecule has 0 aromatic heterocycles. The predicted molar refractivity (Wildman–Crippen MR) is 135 cm³/mol. The van der Waals surface area contributed by atoms with E-state index in [4.69, 9.17) is 10.6 Å². The van der Waals surface area contributed by atoms with Crippen LogP contribution < -0.4 is 5.84 Å². The average molecular weight is 469 g/mol. The van der Waals surface area contributed by atoms with E-state index < -0.39 is 0 Å². The van der Waals surface area contributed by atoms with Gasteiger partial charge in [0.1, 0.15) is 6.61 Å². The second-order valence-electron chi connectivity index (χ2n) is 8.40. The van der Waals surface area contributed by atoms with Gasteiger partial charge >= 0.3 is 6.09 Å². The second kappa shape index (κ2) is 10.8. The molecule has 2 N–H and O–H groups in total. The Balaban J connectivity index is 1.38. The zero-order valence-electron chi connectivity index (χ0n) is 19.7. The lowest BCUT2D eigenvalue weighted by Crippen LogP contribution is -2.32. The molecule has 0 unspecified atom stereocenters. The Morgan fingerprint density at radius 1 is 0.971 bits per heavy atom. The third kappa shape index (κ3) is 5.30. The molecule has 0 heterocycles. The first-order chi connectivity index (χ1) is 17.0. The van der Waals surface area contributed by atoms with Crippen LogP contribution >= 0.6 is 0 Å². The number of amides is 1. The van der Waals surface area contributed by atoms with Crippen molar-refractivity contribution in [2.45, 2.75) is 25.8 Å². The van der Waals surface area contributed by atoms with E-state index in [-0.39, 0.29) is 30.8 Å². The summed E-state index contributed by atoms with van der Waals surface area (Å²) in [7, 11) is 0. The molecule has 0 aliphatic heterocycles. The molecule has 4 rings (SSSR count). The molecule has 0 atom stereocenters. The fourth-order valence-electron chi connectivity index (χ4n) is 4.41. The quantitative estimate of drug-likeness (QED) is 0.184. The molecule has 7 nitrogen and oxygen atoms in total. The normalized spacial score (nSPS) is 12.3. The number of ether oxygens (including phenoxy) is 1. The third-order valence-corrected chi connectivity index (χ3v) is 6.19. The first kappa shape index (κ1) is 23.9. The van der Waals surface area contributed by atoms with Crippen LogP contribution in [-0.4, -0.2) is 29.9 Å². The number of nitrogens with two attached hydrogens (primary N) is 1. The van der Waals surface area contributed by atoms with Crippen LogP contribution in [0.2, 0.25) is 0 Å². The zero-order chi connectivity index (χ0) is 24.8. The van der Waals surface area contributed by atoms with Crippen molar-refractivity contribution < 1.29 is 14.3 Å². The Hall–Kier alpha value is -4.26. The summed E-state index contributed by atoms with van der Waals surface area (Å²) < 4.78 is 5.79. The van der Waals surface area contributed by atoms with Crippen LogP contribution in [0.25, 0.3) is 11.1 Å². The van der Waals surface area contributed by atoms with Crippen molar-refractivity contribution in [3.8, 4) is 11.1 Å². The minimum atomic E-state index is -0.363. The van der Waals surface area contributed by atoms with Gasteiger partial charge in [0.05, 0.1) is 12.1 Å². The van der Waals surface area contributed by atoms with Gasteiger partial charge in [-0.1, -0.05) is 84.6 Å². The lowest BCUT2D eigenvalue weighted by Gasteiger charge is -2.22. The van der Waals surface area contributed by atoms with E-state index in [2.05, 4.69) is 41.2 Å². The Morgan fingerprint density at radius 3 is 2.14 bits per heavy atom. The number of nitrogens with zero attached hydrogens (tertiary/aromatic N) is 3. The fraction of sp³-hybridized carbons (Fsp3) is 0.214. The lowest BCUT2D eigenvalue weighted by molar-refractivity contribution is 0.0981. The maximum Gasteiger partial charge on any atom is 0.410 e. The molecule has 35 heavy (non-hydrogen) atoms. The maximum absolute atomic E-state index is 12.9. The molecule has 1 amide bonds. The van der Waals surface area contributed by atoms with Crippen LogP contribution in [0.5, 0.6) is 0 Å². The molecule has 0 radical (unpaired) electrons. The van der Waals surface area contributed by atoms with Gasteiger partial charge in [-0.15, -0.1) is 5.11 Å². The lowest BCUT2D eigenvalue weighted by atomic mass is 9.98. The van der Waals surface area contributed by atoms with Crippen molar-refractivity contribution in [2.24, 2.45) is 16.2 Å². The minimum Gasteiger partial charge on any atom is -0.448 e.